The number of carbonyl (C=O) groups is 1. The Labute approximate surface area is 126 Å². The number of benzene rings is 2. The van der Waals surface area contributed by atoms with Crippen LogP contribution >= 0.6 is 0 Å². The normalized spacial score (nSPS) is 11.0. The van der Waals surface area contributed by atoms with Crippen molar-refractivity contribution in [1.82, 2.24) is 0 Å². The maximum absolute atomic E-state index is 11.4. The van der Waals surface area contributed by atoms with Crippen LogP contribution in [-0.2, 0) is 4.79 Å². The molecule has 0 aromatic heterocycles. The van der Waals surface area contributed by atoms with Crippen LogP contribution in [-0.4, -0.2) is 23.1 Å². The Morgan fingerprint density at radius 1 is 1.14 bits per heavy atom. The predicted molar refractivity (Wildman–Crippen MR) is 81.6 cm³/mol. The number of nitrogens with zero attached hydrogens (tertiary/aromatic N) is 1. The maximum atomic E-state index is 11.4. The average molecular weight is 299 g/mol. The Morgan fingerprint density at radius 3 is 2.18 bits per heavy atom. The molecule has 0 radical (unpaired) electrons. The maximum Gasteiger partial charge on any atom is 0.336 e. The van der Waals surface area contributed by atoms with E-state index in [1.54, 1.807) is 24.3 Å². The van der Waals surface area contributed by atoms with E-state index in [2.05, 4.69) is 0 Å². The summed E-state index contributed by atoms with van der Waals surface area (Å²) >= 11 is 0. The third-order valence-corrected chi connectivity index (χ3v) is 3.05. The summed E-state index contributed by atoms with van der Waals surface area (Å²) in [5.74, 6) is -0.452. The molecule has 2 aromatic rings. The van der Waals surface area contributed by atoms with Crippen molar-refractivity contribution in [2.24, 2.45) is 0 Å². The van der Waals surface area contributed by atoms with Gasteiger partial charge in [-0.15, -0.1) is 0 Å². The highest BCUT2D eigenvalue weighted by Gasteiger charge is 2.11. The molecular formula is C16H13NO5. The molecule has 112 valence electrons. The minimum atomic E-state index is -1.08. The number of nitro benzene ring substituents is 1. The Balaban J connectivity index is 2.37. The van der Waals surface area contributed by atoms with E-state index in [-0.39, 0.29) is 11.3 Å². The number of methoxy groups -OCH3 is 1. The lowest BCUT2D eigenvalue weighted by Gasteiger charge is -2.05. The first-order valence-corrected chi connectivity index (χ1v) is 6.35. The molecule has 0 unspecified atom stereocenters. The quantitative estimate of drug-likeness (QED) is 0.396. The fourth-order valence-electron chi connectivity index (χ4n) is 1.90. The Bertz CT molecular complexity index is 717. The SMILES string of the molecule is COc1ccc(C(=Cc2ccc([N+](=O)[O-])cc2)C(=O)O)cc1. The molecule has 6 nitrogen and oxygen atoms in total. The molecule has 0 aliphatic heterocycles. The molecule has 0 fully saturated rings. The Kier molecular flexibility index (Phi) is 4.53. The van der Waals surface area contributed by atoms with Crippen molar-refractivity contribution in [3.8, 4) is 5.75 Å². The zero-order valence-electron chi connectivity index (χ0n) is 11.7. The van der Waals surface area contributed by atoms with E-state index in [1.807, 2.05) is 0 Å². The lowest BCUT2D eigenvalue weighted by atomic mass is 10.0. The molecule has 0 saturated carbocycles. The van der Waals surface area contributed by atoms with Gasteiger partial charge in [0.1, 0.15) is 5.75 Å². The highest BCUT2D eigenvalue weighted by molar-refractivity contribution is 6.20. The van der Waals surface area contributed by atoms with Crippen LogP contribution in [0.5, 0.6) is 5.75 Å². The highest BCUT2D eigenvalue weighted by Crippen LogP contribution is 2.22. The van der Waals surface area contributed by atoms with Gasteiger partial charge in [-0.1, -0.05) is 12.1 Å². The lowest BCUT2D eigenvalue weighted by Crippen LogP contribution is -1.99. The van der Waals surface area contributed by atoms with Gasteiger partial charge < -0.3 is 9.84 Å². The first-order valence-electron chi connectivity index (χ1n) is 6.35. The summed E-state index contributed by atoms with van der Waals surface area (Å²) in [7, 11) is 1.53. The summed E-state index contributed by atoms with van der Waals surface area (Å²) in [6.07, 6.45) is 1.47. The molecule has 0 spiro atoms. The third kappa shape index (κ3) is 3.49. The van der Waals surface area contributed by atoms with Crippen LogP contribution in [0.4, 0.5) is 5.69 Å². The lowest BCUT2D eigenvalue weighted by molar-refractivity contribution is -0.384. The molecule has 2 aromatic carbocycles. The van der Waals surface area contributed by atoms with E-state index in [9.17, 15) is 20.0 Å². The number of aliphatic carboxylic acids is 1. The van der Waals surface area contributed by atoms with Gasteiger partial charge in [-0.3, -0.25) is 10.1 Å². The molecule has 0 amide bonds. The van der Waals surface area contributed by atoms with Crippen LogP contribution in [0.1, 0.15) is 11.1 Å². The summed E-state index contributed by atoms with van der Waals surface area (Å²) in [5, 5.41) is 20.0. The van der Waals surface area contributed by atoms with Gasteiger partial charge in [0.25, 0.3) is 5.69 Å². The number of rotatable bonds is 5. The average Bonchev–Trinajstić information content (AvgIpc) is 2.53. The molecule has 0 heterocycles. The summed E-state index contributed by atoms with van der Waals surface area (Å²) in [6, 6.07) is 12.3. The first kappa shape index (κ1) is 15.2. The number of ether oxygens (including phenoxy) is 1. The van der Waals surface area contributed by atoms with Gasteiger partial charge in [0.2, 0.25) is 0 Å². The largest absolute Gasteiger partial charge is 0.497 e. The monoisotopic (exact) mass is 299 g/mol. The molecule has 0 bridgehead atoms. The standard InChI is InChI=1S/C16H13NO5/c1-22-14-8-4-12(5-9-14)15(16(18)19)10-11-2-6-13(7-3-11)17(20)21/h2-10H,1H3,(H,18,19). The van der Waals surface area contributed by atoms with Crippen molar-refractivity contribution in [3.63, 3.8) is 0 Å². The van der Waals surface area contributed by atoms with E-state index in [1.165, 1.54) is 37.5 Å². The molecular weight excluding hydrogens is 286 g/mol. The van der Waals surface area contributed by atoms with Gasteiger partial charge in [0.15, 0.2) is 0 Å². The fraction of sp³-hybridized carbons (Fsp3) is 0.0625. The van der Waals surface area contributed by atoms with Gasteiger partial charge in [-0.2, -0.15) is 0 Å². The van der Waals surface area contributed by atoms with Crippen LogP contribution in [0.2, 0.25) is 0 Å². The summed E-state index contributed by atoms with van der Waals surface area (Å²) in [6.45, 7) is 0. The van der Waals surface area contributed by atoms with E-state index >= 15 is 0 Å². The van der Waals surface area contributed by atoms with Gasteiger partial charge in [-0.25, -0.2) is 4.79 Å². The minimum absolute atomic E-state index is 0.0431. The van der Waals surface area contributed by atoms with Crippen molar-refractivity contribution < 1.29 is 19.6 Å². The van der Waals surface area contributed by atoms with E-state index in [4.69, 9.17) is 4.74 Å². The van der Waals surface area contributed by atoms with Crippen molar-refractivity contribution in [1.29, 1.82) is 0 Å². The zero-order valence-corrected chi connectivity index (χ0v) is 11.7. The smallest absolute Gasteiger partial charge is 0.336 e. The second kappa shape index (κ2) is 6.53. The fourth-order valence-corrected chi connectivity index (χ4v) is 1.90. The highest BCUT2D eigenvalue weighted by atomic mass is 16.6. The van der Waals surface area contributed by atoms with Gasteiger partial charge in [-0.05, 0) is 41.5 Å². The van der Waals surface area contributed by atoms with Gasteiger partial charge in [0, 0.05) is 12.1 Å². The number of hydrogen-bond acceptors (Lipinski definition) is 4. The first-order chi connectivity index (χ1) is 10.5. The third-order valence-electron chi connectivity index (χ3n) is 3.05. The van der Waals surface area contributed by atoms with Gasteiger partial charge >= 0.3 is 5.97 Å². The predicted octanol–water partition coefficient (Wildman–Crippen LogP) is 3.23. The van der Waals surface area contributed by atoms with E-state index < -0.39 is 10.9 Å². The summed E-state index contributed by atoms with van der Waals surface area (Å²) < 4.78 is 5.03. The second-order valence-electron chi connectivity index (χ2n) is 4.44. The Morgan fingerprint density at radius 2 is 1.73 bits per heavy atom. The zero-order chi connectivity index (χ0) is 16.1. The molecule has 22 heavy (non-hydrogen) atoms. The summed E-state index contributed by atoms with van der Waals surface area (Å²) in [5.41, 5.74) is 1.14. The molecule has 0 saturated heterocycles. The van der Waals surface area contributed by atoms with Gasteiger partial charge in [0.05, 0.1) is 17.6 Å². The van der Waals surface area contributed by atoms with Crippen molar-refractivity contribution >= 4 is 23.3 Å². The number of carboxylic acid groups (broad SMARTS) is 1. The van der Waals surface area contributed by atoms with Crippen molar-refractivity contribution in [2.45, 2.75) is 0 Å². The molecule has 0 atom stereocenters. The van der Waals surface area contributed by atoms with Crippen LogP contribution in [0.3, 0.4) is 0 Å². The van der Waals surface area contributed by atoms with Crippen LogP contribution in [0, 0.1) is 10.1 Å². The molecule has 2 rings (SSSR count). The van der Waals surface area contributed by atoms with Crippen molar-refractivity contribution in [3.05, 3.63) is 69.8 Å². The number of nitro groups is 1. The van der Waals surface area contributed by atoms with Crippen LogP contribution in [0.25, 0.3) is 11.6 Å². The molecule has 1 N–H and O–H groups in total. The van der Waals surface area contributed by atoms with Crippen LogP contribution in [0.15, 0.2) is 48.5 Å². The van der Waals surface area contributed by atoms with E-state index in [0.717, 1.165) is 0 Å². The second-order valence-corrected chi connectivity index (χ2v) is 4.44. The molecule has 6 heteroatoms. The Hall–Kier alpha value is -3.15. The van der Waals surface area contributed by atoms with Crippen LogP contribution < -0.4 is 4.74 Å². The van der Waals surface area contributed by atoms with E-state index in [0.29, 0.717) is 16.9 Å². The molecule has 0 aliphatic carbocycles. The number of hydrogen-bond donors (Lipinski definition) is 1. The topological polar surface area (TPSA) is 89.7 Å². The minimum Gasteiger partial charge on any atom is -0.497 e. The number of carboxylic acids is 1. The van der Waals surface area contributed by atoms with Crippen molar-refractivity contribution in [2.75, 3.05) is 7.11 Å². The summed E-state index contributed by atoms with van der Waals surface area (Å²) in [4.78, 5) is 21.5. The molecule has 0 aliphatic rings. The number of non-ortho nitro benzene ring substituents is 1.